The van der Waals surface area contributed by atoms with Crippen molar-refractivity contribution < 1.29 is 58.4 Å². The van der Waals surface area contributed by atoms with E-state index in [4.69, 9.17) is 33.2 Å². The number of cyclic esters (lactones) is 1. The highest BCUT2D eigenvalue weighted by Gasteiger charge is 2.53. The summed E-state index contributed by atoms with van der Waals surface area (Å²) in [6, 6.07) is -0.811. The fourth-order valence-electron chi connectivity index (χ4n) is 8.73. The maximum absolute atomic E-state index is 14.3. The van der Waals surface area contributed by atoms with E-state index in [1.165, 1.54) is 14.0 Å². The largest absolute Gasteiger partial charge is 0.459 e. The van der Waals surface area contributed by atoms with Gasteiger partial charge in [0.25, 0.3) is 0 Å². The van der Waals surface area contributed by atoms with Crippen molar-refractivity contribution >= 4 is 5.97 Å². The number of ether oxygens (including phenoxy) is 7. The van der Waals surface area contributed by atoms with Crippen molar-refractivity contribution in [3.63, 3.8) is 0 Å². The van der Waals surface area contributed by atoms with Gasteiger partial charge in [-0.3, -0.25) is 4.79 Å². The Kier molecular flexibility index (Phi) is 17.0. The van der Waals surface area contributed by atoms with Gasteiger partial charge in [0.2, 0.25) is 0 Å². The van der Waals surface area contributed by atoms with Gasteiger partial charge in [-0.25, -0.2) is 0 Å². The summed E-state index contributed by atoms with van der Waals surface area (Å²) in [6.45, 7) is 22.7. The second kappa shape index (κ2) is 19.5. The molecule has 0 aromatic carbocycles. The maximum Gasteiger partial charge on any atom is 0.311 e. The number of nitrogens with one attached hydrogen (secondary N) is 1. The van der Waals surface area contributed by atoms with Gasteiger partial charge in [-0.1, -0.05) is 26.8 Å². The molecule has 3 fully saturated rings. The summed E-state index contributed by atoms with van der Waals surface area (Å²) in [5.41, 5.74) is -3.87. The number of likely N-dealkylation sites (N-methyl/N-ethyl adjacent to an activating group) is 1. The number of aliphatic hydroxyl groups excluding tert-OH is 3. The van der Waals surface area contributed by atoms with E-state index in [2.05, 4.69) is 18.8 Å². The first-order chi connectivity index (χ1) is 25.1. The van der Waals surface area contributed by atoms with Gasteiger partial charge in [0, 0.05) is 31.5 Å². The molecule has 18 atom stereocenters. The van der Waals surface area contributed by atoms with Crippen LogP contribution >= 0.6 is 0 Å². The van der Waals surface area contributed by atoms with Crippen LogP contribution in [-0.2, 0) is 38.0 Å². The summed E-state index contributed by atoms with van der Waals surface area (Å²) < 4.78 is 44.8. The monoisotopic (exact) mass is 775 g/mol. The van der Waals surface area contributed by atoms with E-state index in [0.29, 0.717) is 19.4 Å². The molecule has 316 valence electrons. The Labute approximate surface area is 324 Å². The highest BCUT2D eigenvalue weighted by Crippen LogP contribution is 2.41. The zero-order valence-electron chi connectivity index (χ0n) is 35.2. The van der Waals surface area contributed by atoms with Crippen LogP contribution in [0.15, 0.2) is 12.7 Å². The molecule has 3 aliphatic rings. The van der Waals surface area contributed by atoms with Crippen LogP contribution in [0.25, 0.3) is 0 Å². The molecule has 0 saturated carbocycles. The van der Waals surface area contributed by atoms with Gasteiger partial charge in [-0.15, -0.1) is 6.58 Å². The Morgan fingerprint density at radius 2 is 1.63 bits per heavy atom. The first-order valence-corrected chi connectivity index (χ1v) is 19.8. The molecular formula is C40H74N2O12. The van der Waals surface area contributed by atoms with Crippen molar-refractivity contribution in [2.75, 3.05) is 34.4 Å². The van der Waals surface area contributed by atoms with Gasteiger partial charge < -0.3 is 63.8 Å². The number of hydrogen-bond donors (Lipinski definition) is 5. The van der Waals surface area contributed by atoms with E-state index in [-0.39, 0.29) is 37.5 Å². The third-order valence-electron chi connectivity index (χ3n) is 12.2. The lowest BCUT2D eigenvalue weighted by Crippen LogP contribution is -2.61. The van der Waals surface area contributed by atoms with Crippen LogP contribution in [0.3, 0.4) is 0 Å². The van der Waals surface area contributed by atoms with Gasteiger partial charge >= 0.3 is 5.97 Å². The van der Waals surface area contributed by atoms with Crippen LogP contribution in [-0.4, -0.2) is 156 Å². The number of esters is 1. The van der Waals surface area contributed by atoms with Crippen molar-refractivity contribution in [3.05, 3.63) is 12.7 Å². The molecule has 5 N–H and O–H groups in total. The molecule has 0 spiro atoms. The van der Waals surface area contributed by atoms with E-state index in [0.717, 1.165) is 0 Å². The minimum atomic E-state index is -1.79. The maximum atomic E-state index is 14.3. The molecule has 0 bridgehead atoms. The third kappa shape index (κ3) is 10.8. The minimum Gasteiger partial charge on any atom is -0.459 e. The average Bonchev–Trinajstić information content (AvgIpc) is 3.11. The van der Waals surface area contributed by atoms with E-state index in [1.807, 2.05) is 39.8 Å². The second-order valence-corrected chi connectivity index (χ2v) is 17.2. The molecule has 3 saturated heterocycles. The number of rotatable bonds is 10. The van der Waals surface area contributed by atoms with Crippen LogP contribution in [0.1, 0.15) is 94.9 Å². The van der Waals surface area contributed by atoms with Crippen LogP contribution < -0.4 is 5.32 Å². The number of aliphatic hydroxyl groups is 4. The second-order valence-electron chi connectivity index (χ2n) is 17.2. The first kappa shape index (κ1) is 47.1. The highest BCUT2D eigenvalue weighted by atomic mass is 16.7. The van der Waals surface area contributed by atoms with E-state index >= 15 is 0 Å². The van der Waals surface area contributed by atoms with Gasteiger partial charge in [0.05, 0.1) is 48.1 Å². The van der Waals surface area contributed by atoms with Gasteiger partial charge in [-0.2, -0.15) is 0 Å². The normalized spacial score (nSPS) is 47.7. The van der Waals surface area contributed by atoms with Gasteiger partial charge in [-0.05, 0) is 94.3 Å². The number of hydrogen-bond acceptors (Lipinski definition) is 14. The molecule has 3 heterocycles. The predicted octanol–water partition coefficient (Wildman–Crippen LogP) is 2.77. The summed E-state index contributed by atoms with van der Waals surface area (Å²) in [5.74, 6) is -2.34. The lowest BCUT2D eigenvalue weighted by molar-refractivity contribution is -0.320. The summed E-state index contributed by atoms with van der Waals surface area (Å²) in [7, 11) is 5.35. The fourth-order valence-corrected chi connectivity index (χ4v) is 8.73. The first-order valence-electron chi connectivity index (χ1n) is 19.8. The van der Waals surface area contributed by atoms with Crippen molar-refractivity contribution in [1.29, 1.82) is 0 Å². The van der Waals surface area contributed by atoms with Crippen molar-refractivity contribution in [2.45, 2.75) is 185 Å². The number of nitrogens with zero attached hydrogens (tertiary/aromatic N) is 1. The molecule has 0 aromatic rings. The summed E-state index contributed by atoms with van der Waals surface area (Å²) in [4.78, 5) is 16.3. The molecular weight excluding hydrogens is 700 g/mol. The van der Waals surface area contributed by atoms with Crippen molar-refractivity contribution in [3.8, 4) is 0 Å². The lowest BCUT2D eigenvalue weighted by Gasteiger charge is -2.49. The number of methoxy groups -OCH3 is 1. The van der Waals surface area contributed by atoms with Crippen LogP contribution in [0, 0.1) is 17.8 Å². The molecule has 0 amide bonds. The predicted molar refractivity (Wildman–Crippen MR) is 203 cm³/mol. The molecule has 0 aliphatic carbocycles. The molecule has 3 aliphatic heterocycles. The molecule has 0 aromatic heterocycles. The summed E-state index contributed by atoms with van der Waals surface area (Å²) in [5, 5.41) is 49.2. The Morgan fingerprint density at radius 1 is 0.981 bits per heavy atom. The Bertz CT molecular complexity index is 1190. The SMILES string of the molecule is C=CCO[C@@]1(C)C[C@@H](C)CN[C@@H](C)[C@@H](O)[C@](C)(O)[C@H](CC)OC(=O)[C@@H](C)[C@@H](O[C@@H]2C[C@](C)(OC)[C@H](O)[C@@H](C)O2)[C@H](C)[C@H]1O[C@@H]1O[C@H](C)C[C@H](N(C)C)[C@H]1O. The van der Waals surface area contributed by atoms with Crippen LogP contribution in [0.5, 0.6) is 0 Å². The van der Waals surface area contributed by atoms with Gasteiger partial charge in [0.15, 0.2) is 12.6 Å². The third-order valence-corrected chi connectivity index (χ3v) is 12.2. The molecule has 14 nitrogen and oxygen atoms in total. The molecule has 54 heavy (non-hydrogen) atoms. The summed E-state index contributed by atoms with van der Waals surface area (Å²) >= 11 is 0. The Balaban J connectivity index is 2.24. The number of carbonyl (C=O) groups is 1. The topological polar surface area (TPSA) is 178 Å². The molecule has 0 radical (unpaired) electrons. The zero-order valence-corrected chi connectivity index (χ0v) is 35.2. The van der Waals surface area contributed by atoms with Gasteiger partial charge in [0.1, 0.15) is 30.0 Å². The minimum absolute atomic E-state index is 0.0587. The van der Waals surface area contributed by atoms with E-state index < -0.39 is 96.0 Å². The standard InChI is InChI=1S/C40H74N2O12/c1-15-17-49-39(10)19-22(3)21-41-26(7)33(44)40(11,47)29(16-2)52-36(46)25(6)32(53-30-20-38(9,48-14)34(45)27(8)51-30)24(5)35(39)54-37-31(43)28(42(12)13)18-23(4)50-37/h15,22-35,37,41,43-45,47H,1,16-21H2,2-14H3/t22-,23-,24+,25+,26+,27-,28+,29+,30-,31-,32+,33-,34-,35-,37+,38+,39+,40-/m1/s1. The smallest absolute Gasteiger partial charge is 0.311 e. The van der Waals surface area contributed by atoms with E-state index in [1.54, 1.807) is 40.7 Å². The Hall–Kier alpha value is -1.27. The lowest BCUT2D eigenvalue weighted by atomic mass is 9.77. The van der Waals surface area contributed by atoms with Crippen molar-refractivity contribution in [2.24, 2.45) is 17.8 Å². The summed E-state index contributed by atoms with van der Waals surface area (Å²) in [6.07, 6.45) is -5.85. The fraction of sp³-hybridized carbons (Fsp3) is 0.925. The van der Waals surface area contributed by atoms with E-state index in [9.17, 15) is 25.2 Å². The average molecular weight is 775 g/mol. The van der Waals surface area contributed by atoms with Crippen LogP contribution in [0.2, 0.25) is 0 Å². The molecule has 14 heteroatoms. The molecule has 0 unspecified atom stereocenters. The highest BCUT2D eigenvalue weighted by molar-refractivity contribution is 5.73. The number of carbonyl (C=O) groups excluding carboxylic acids is 1. The van der Waals surface area contributed by atoms with Crippen molar-refractivity contribution in [1.82, 2.24) is 10.2 Å². The van der Waals surface area contributed by atoms with Crippen LogP contribution in [0.4, 0.5) is 0 Å². The molecule has 3 rings (SSSR count). The Morgan fingerprint density at radius 3 is 2.20 bits per heavy atom. The zero-order chi connectivity index (χ0) is 40.9. The quantitative estimate of drug-likeness (QED) is 0.162.